The van der Waals surface area contributed by atoms with Gasteiger partial charge < -0.3 is 9.64 Å². The molecule has 2 nitrogen and oxygen atoms in total. The predicted octanol–water partition coefficient (Wildman–Crippen LogP) is 3.25. The van der Waals surface area contributed by atoms with Crippen LogP contribution in [0.4, 0.5) is 13.2 Å². The molecule has 0 radical (unpaired) electrons. The van der Waals surface area contributed by atoms with Crippen LogP contribution in [-0.2, 0) is 6.42 Å². The summed E-state index contributed by atoms with van der Waals surface area (Å²) in [6.45, 7) is 3.90. The van der Waals surface area contributed by atoms with Crippen molar-refractivity contribution >= 4 is 0 Å². The van der Waals surface area contributed by atoms with E-state index >= 15 is 0 Å². The van der Waals surface area contributed by atoms with E-state index < -0.39 is 11.9 Å². The van der Waals surface area contributed by atoms with Crippen molar-refractivity contribution in [2.45, 2.75) is 12.6 Å². The Hall–Kier alpha value is -1.65. The molecule has 1 aliphatic rings. The number of alkyl halides is 3. The summed E-state index contributed by atoms with van der Waals surface area (Å²) in [6.07, 6.45) is -3.60. The van der Waals surface area contributed by atoms with Gasteiger partial charge in [-0.2, -0.15) is 13.2 Å². The fraction of sp³-hybridized carbons (Fsp3) is 0.429. The van der Waals surface area contributed by atoms with Crippen molar-refractivity contribution in [3.63, 3.8) is 0 Å². The van der Waals surface area contributed by atoms with E-state index in [2.05, 4.69) is 6.58 Å². The van der Waals surface area contributed by atoms with Crippen molar-refractivity contribution < 1.29 is 17.9 Å². The highest BCUT2D eigenvalue weighted by atomic mass is 19.4. The monoisotopic (exact) mass is 271 g/mol. The lowest BCUT2D eigenvalue weighted by molar-refractivity contribution is -0.120. The molecule has 2 rings (SSSR count). The molecular formula is C14H16F3NO. The van der Waals surface area contributed by atoms with Crippen molar-refractivity contribution in [1.82, 2.24) is 4.90 Å². The van der Waals surface area contributed by atoms with Crippen LogP contribution >= 0.6 is 0 Å². The van der Waals surface area contributed by atoms with Gasteiger partial charge in [0, 0.05) is 13.1 Å². The Balaban J connectivity index is 1.90. The van der Waals surface area contributed by atoms with Gasteiger partial charge in [-0.3, -0.25) is 0 Å². The Labute approximate surface area is 110 Å². The molecular weight excluding hydrogens is 255 g/mol. The SMILES string of the molecule is C=C(N1CC(Cc2ccccc2OC)C1)C(F)(F)F. The zero-order chi connectivity index (χ0) is 14.0. The second kappa shape index (κ2) is 5.15. The van der Waals surface area contributed by atoms with Crippen LogP contribution in [-0.4, -0.2) is 31.3 Å². The molecule has 0 bridgehead atoms. The molecule has 0 saturated carbocycles. The third-order valence-electron chi connectivity index (χ3n) is 3.37. The van der Waals surface area contributed by atoms with E-state index in [1.165, 1.54) is 4.90 Å². The van der Waals surface area contributed by atoms with E-state index in [-0.39, 0.29) is 5.92 Å². The van der Waals surface area contributed by atoms with Gasteiger partial charge in [-0.1, -0.05) is 24.8 Å². The molecule has 1 saturated heterocycles. The molecule has 1 aromatic carbocycles. The first-order valence-corrected chi connectivity index (χ1v) is 6.04. The minimum absolute atomic E-state index is 0.218. The number of nitrogens with zero attached hydrogens (tertiary/aromatic N) is 1. The van der Waals surface area contributed by atoms with Gasteiger partial charge in [0.15, 0.2) is 0 Å². The standard InChI is InChI=1S/C14H16F3NO/c1-10(14(15,16)17)18-8-11(9-18)7-12-5-3-4-6-13(12)19-2/h3-6,11H,1,7-9H2,2H3. The predicted molar refractivity (Wildman–Crippen MR) is 67.0 cm³/mol. The summed E-state index contributed by atoms with van der Waals surface area (Å²) in [5.74, 6) is 1.01. The molecule has 0 spiro atoms. The topological polar surface area (TPSA) is 12.5 Å². The van der Waals surface area contributed by atoms with Crippen molar-refractivity contribution in [1.29, 1.82) is 0 Å². The second-order valence-corrected chi connectivity index (χ2v) is 4.73. The molecule has 1 aromatic rings. The van der Waals surface area contributed by atoms with Crippen LogP contribution in [0.25, 0.3) is 0 Å². The summed E-state index contributed by atoms with van der Waals surface area (Å²) in [6, 6.07) is 7.59. The molecule has 0 unspecified atom stereocenters. The van der Waals surface area contributed by atoms with Crippen molar-refractivity contribution in [2.24, 2.45) is 5.92 Å². The Kier molecular flexibility index (Phi) is 3.73. The molecule has 5 heteroatoms. The summed E-state index contributed by atoms with van der Waals surface area (Å²) in [5, 5.41) is 0. The number of halogens is 3. The molecule has 0 N–H and O–H groups in total. The first kappa shape index (κ1) is 13.8. The number of methoxy groups -OCH3 is 1. The largest absolute Gasteiger partial charge is 0.496 e. The number of hydrogen-bond acceptors (Lipinski definition) is 2. The smallest absolute Gasteiger partial charge is 0.430 e. The lowest BCUT2D eigenvalue weighted by Gasteiger charge is -2.42. The second-order valence-electron chi connectivity index (χ2n) is 4.73. The molecule has 1 aliphatic heterocycles. The number of para-hydroxylation sites is 1. The summed E-state index contributed by atoms with van der Waals surface area (Å²) in [5.41, 5.74) is 0.288. The van der Waals surface area contributed by atoms with E-state index in [1.54, 1.807) is 7.11 Å². The molecule has 0 amide bonds. The lowest BCUT2D eigenvalue weighted by Crippen LogP contribution is -2.49. The average molecular weight is 271 g/mol. The summed E-state index contributed by atoms with van der Waals surface area (Å²) < 4.78 is 42.5. The van der Waals surface area contributed by atoms with Gasteiger partial charge in [0.2, 0.25) is 0 Å². The van der Waals surface area contributed by atoms with Crippen LogP contribution in [0, 0.1) is 5.92 Å². The maximum atomic E-state index is 12.4. The van der Waals surface area contributed by atoms with E-state index in [0.717, 1.165) is 17.7 Å². The van der Waals surface area contributed by atoms with Gasteiger partial charge in [-0.05, 0) is 24.0 Å². The van der Waals surface area contributed by atoms with E-state index in [4.69, 9.17) is 4.74 Å². The van der Waals surface area contributed by atoms with Crippen LogP contribution < -0.4 is 4.74 Å². The third-order valence-corrected chi connectivity index (χ3v) is 3.37. The Morgan fingerprint density at radius 1 is 1.37 bits per heavy atom. The average Bonchev–Trinajstić information content (AvgIpc) is 2.31. The summed E-state index contributed by atoms with van der Waals surface area (Å²) >= 11 is 0. The minimum Gasteiger partial charge on any atom is -0.496 e. The number of benzene rings is 1. The Morgan fingerprint density at radius 2 is 2.00 bits per heavy atom. The van der Waals surface area contributed by atoms with Crippen LogP contribution in [0.2, 0.25) is 0 Å². The molecule has 19 heavy (non-hydrogen) atoms. The van der Waals surface area contributed by atoms with Gasteiger partial charge in [0.1, 0.15) is 11.4 Å². The summed E-state index contributed by atoms with van der Waals surface area (Å²) in [7, 11) is 1.59. The minimum atomic E-state index is -4.32. The Morgan fingerprint density at radius 3 is 2.58 bits per heavy atom. The number of hydrogen-bond donors (Lipinski definition) is 0. The first-order chi connectivity index (χ1) is 8.91. The van der Waals surface area contributed by atoms with Crippen molar-refractivity contribution in [3.05, 3.63) is 42.1 Å². The molecule has 1 heterocycles. The van der Waals surface area contributed by atoms with Crippen molar-refractivity contribution in [2.75, 3.05) is 20.2 Å². The van der Waals surface area contributed by atoms with Crippen LogP contribution in [0.15, 0.2) is 36.5 Å². The zero-order valence-electron chi connectivity index (χ0n) is 10.7. The van der Waals surface area contributed by atoms with Gasteiger partial charge in [-0.15, -0.1) is 0 Å². The number of rotatable bonds is 4. The third kappa shape index (κ3) is 3.03. The first-order valence-electron chi connectivity index (χ1n) is 6.04. The fourth-order valence-electron chi connectivity index (χ4n) is 2.28. The van der Waals surface area contributed by atoms with Gasteiger partial charge >= 0.3 is 6.18 Å². The van der Waals surface area contributed by atoms with Crippen LogP contribution in [0.3, 0.4) is 0 Å². The highest BCUT2D eigenvalue weighted by Crippen LogP contribution is 2.34. The summed E-state index contributed by atoms with van der Waals surface area (Å²) in [4.78, 5) is 1.28. The highest BCUT2D eigenvalue weighted by molar-refractivity contribution is 5.34. The van der Waals surface area contributed by atoms with Gasteiger partial charge in [0.25, 0.3) is 0 Å². The highest BCUT2D eigenvalue weighted by Gasteiger charge is 2.40. The molecule has 0 aliphatic carbocycles. The van der Waals surface area contributed by atoms with E-state index in [0.29, 0.717) is 13.1 Å². The Bertz CT molecular complexity index is 464. The number of allylic oxidation sites excluding steroid dienone is 1. The quantitative estimate of drug-likeness (QED) is 0.833. The van der Waals surface area contributed by atoms with Crippen LogP contribution in [0.5, 0.6) is 5.75 Å². The normalized spacial score (nSPS) is 16.1. The van der Waals surface area contributed by atoms with Gasteiger partial charge in [0.05, 0.1) is 7.11 Å². The van der Waals surface area contributed by atoms with E-state index in [9.17, 15) is 13.2 Å². The number of ether oxygens (including phenoxy) is 1. The molecule has 0 aromatic heterocycles. The maximum Gasteiger partial charge on any atom is 0.430 e. The number of likely N-dealkylation sites (tertiary alicyclic amines) is 1. The lowest BCUT2D eigenvalue weighted by atomic mass is 9.91. The van der Waals surface area contributed by atoms with Crippen molar-refractivity contribution in [3.8, 4) is 5.75 Å². The fourth-order valence-corrected chi connectivity index (χ4v) is 2.28. The molecule has 1 fully saturated rings. The molecule has 0 atom stereocenters. The van der Waals surface area contributed by atoms with Gasteiger partial charge in [-0.25, -0.2) is 0 Å². The van der Waals surface area contributed by atoms with E-state index in [1.807, 2.05) is 24.3 Å². The molecule has 104 valence electrons. The van der Waals surface area contributed by atoms with Crippen LogP contribution in [0.1, 0.15) is 5.56 Å². The zero-order valence-corrected chi connectivity index (χ0v) is 10.7. The maximum absolute atomic E-state index is 12.4.